The van der Waals surface area contributed by atoms with E-state index in [9.17, 15) is 0 Å². The highest BCUT2D eigenvalue weighted by molar-refractivity contribution is 6.07. The molecule has 0 spiro atoms. The first-order chi connectivity index (χ1) is 28.7. The standard InChI is InChI=1S/C56H37NO/c1-2-15-41-35-43(28-27-38(41)13-1)50-21-6-5-20-49(50)42-17-11-18-46(36-42)57(45-32-29-40(30-33-45)48-24-12-16-39-14-3-4-19-47(39)48)54-25-9-7-22-51(54)44-31-34-56-53(37-44)52-23-8-10-26-55(52)58-56/h1-37H. The maximum Gasteiger partial charge on any atom is 0.135 e. The normalized spacial score (nSPS) is 11.4. The monoisotopic (exact) mass is 739 g/mol. The molecule has 0 unspecified atom stereocenters. The molecular weight excluding hydrogens is 703 g/mol. The van der Waals surface area contributed by atoms with Crippen LogP contribution in [0.25, 0.3) is 88.0 Å². The molecule has 0 aliphatic carbocycles. The lowest BCUT2D eigenvalue weighted by atomic mass is 9.93. The number of hydrogen-bond donors (Lipinski definition) is 0. The van der Waals surface area contributed by atoms with Crippen LogP contribution in [0.15, 0.2) is 229 Å². The average Bonchev–Trinajstić information content (AvgIpc) is 3.67. The molecule has 0 bridgehead atoms. The quantitative estimate of drug-likeness (QED) is 0.162. The Morgan fingerprint density at radius 1 is 0.276 bits per heavy atom. The number of para-hydroxylation sites is 2. The predicted octanol–water partition coefficient (Wildman–Crippen LogP) is 16.0. The van der Waals surface area contributed by atoms with Gasteiger partial charge in [-0.05, 0) is 115 Å². The Labute approximate surface area is 337 Å². The second kappa shape index (κ2) is 14.1. The van der Waals surface area contributed by atoms with Gasteiger partial charge in [0, 0.05) is 27.7 Å². The van der Waals surface area contributed by atoms with Gasteiger partial charge in [0.05, 0.1) is 5.69 Å². The molecule has 2 heteroatoms. The summed E-state index contributed by atoms with van der Waals surface area (Å²) in [6, 6.07) is 80.9. The van der Waals surface area contributed by atoms with Crippen molar-refractivity contribution in [3.05, 3.63) is 224 Å². The highest BCUT2D eigenvalue weighted by atomic mass is 16.3. The molecule has 272 valence electrons. The molecular formula is C56H37NO. The molecule has 0 amide bonds. The molecule has 1 aromatic heterocycles. The Kier molecular flexibility index (Phi) is 8.19. The molecule has 0 radical (unpaired) electrons. The van der Waals surface area contributed by atoms with Gasteiger partial charge < -0.3 is 9.32 Å². The van der Waals surface area contributed by atoms with Crippen molar-refractivity contribution in [1.82, 2.24) is 0 Å². The number of hydrogen-bond acceptors (Lipinski definition) is 2. The van der Waals surface area contributed by atoms with E-state index in [1.54, 1.807) is 0 Å². The van der Waals surface area contributed by atoms with Gasteiger partial charge in [-0.15, -0.1) is 0 Å². The van der Waals surface area contributed by atoms with Crippen molar-refractivity contribution >= 4 is 60.5 Å². The zero-order chi connectivity index (χ0) is 38.4. The zero-order valence-corrected chi connectivity index (χ0v) is 31.7. The Bertz CT molecular complexity index is 3290. The first-order valence-corrected chi connectivity index (χ1v) is 19.8. The molecule has 0 saturated carbocycles. The van der Waals surface area contributed by atoms with Crippen molar-refractivity contribution in [3.8, 4) is 44.5 Å². The lowest BCUT2D eigenvalue weighted by Crippen LogP contribution is -2.11. The fraction of sp³-hybridized carbons (Fsp3) is 0. The molecule has 0 atom stereocenters. The molecule has 1 heterocycles. The van der Waals surface area contributed by atoms with Crippen LogP contribution in [-0.4, -0.2) is 0 Å². The van der Waals surface area contributed by atoms with E-state index in [0.29, 0.717) is 0 Å². The average molecular weight is 740 g/mol. The van der Waals surface area contributed by atoms with Crippen LogP contribution in [0.5, 0.6) is 0 Å². The third kappa shape index (κ3) is 5.91. The predicted molar refractivity (Wildman–Crippen MR) is 245 cm³/mol. The molecule has 11 aromatic rings. The van der Waals surface area contributed by atoms with Crippen LogP contribution < -0.4 is 4.90 Å². The lowest BCUT2D eigenvalue weighted by Gasteiger charge is -2.28. The third-order valence-corrected chi connectivity index (χ3v) is 11.5. The molecule has 0 N–H and O–H groups in total. The fourth-order valence-corrected chi connectivity index (χ4v) is 8.66. The molecule has 11 rings (SSSR count). The summed E-state index contributed by atoms with van der Waals surface area (Å²) >= 11 is 0. The fourth-order valence-electron chi connectivity index (χ4n) is 8.66. The van der Waals surface area contributed by atoms with E-state index < -0.39 is 0 Å². The van der Waals surface area contributed by atoms with Crippen LogP contribution in [-0.2, 0) is 0 Å². The van der Waals surface area contributed by atoms with Gasteiger partial charge >= 0.3 is 0 Å². The van der Waals surface area contributed by atoms with Gasteiger partial charge in [0.15, 0.2) is 0 Å². The summed E-state index contributed by atoms with van der Waals surface area (Å²) in [6.45, 7) is 0. The summed E-state index contributed by atoms with van der Waals surface area (Å²) in [7, 11) is 0. The summed E-state index contributed by atoms with van der Waals surface area (Å²) in [5.41, 5.74) is 14.5. The molecule has 10 aromatic carbocycles. The van der Waals surface area contributed by atoms with Crippen molar-refractivity contribution in [2.75, 3.05) is 4.90 Å². The SMILES string of the molecule is c1cc(-c2ccccc2-c2ccc3ccccc3c2)cc(N(c2ccc(-c3cccc4ccccc34)cc2)c2ccccc2-c2ccc3oc4ccccc4c3c2)c1. The Morgan fingerprint density at radius 3 is 1.69 bits per heavy atom. The van der Waals surface area contributed by atoms with Crippen molar-refractivity contribution < 1.29 is 4.42 Å². The molecule has 0 aliphatic rings. The van der Waals surface area contributed by atoms with E-state index in [1.807, 2.05) is 12.1 Å². The topological polar surface area (TPSA) is 16.4 Å². The minimum Gasteiger partial charge on any atom is -0.456 e. The third-order valence-electron chi connectivity index (χ3n) is 11.5. The maximum absolute atomic E-state index is 6.24. The van der Waals surface area contributed by atoms with Gasteiger partial charge in [0.2, 0.25) is 0 Å². The van der Waals surface area contributed by atoms with Crippen LogP contribution in [0, 0.1) is 0 Å². The number of fused-ring (bicyclic) bond motifs is 5. The largest absolute Gasteiger partial charge is 0.456 e. The smallest absolute Gasteiger partial charge is 0.135 e. The molecule has 0 saturated heterocycles. The summed E-state index contributed by atoms with van der Waals surface area (Å²) < 4.78 is 6.24. The highest BCUT2D eigenvalue weighted by Crippen LogP contribution is 2.44. The van der Waals surface area contributed by atoms with Crippen molar-refractivity contribution in [2.45, 2.75) is 0 Å². The van der Waals surface area contributed by atoms with Crippen LogP contribution in [0.4, 0.5) is 17.1 Å². The summed E-state index contributed by atoms with van der Waals surface area (Å²) in [4.78, 5) is 2.40. The first-order valence-electron chi connectivity index (χ1n) is 19.8. The molecule has 0 aliphatic heterocycles. The second-order valence-corrected chi connectivity index (χ2v) is 14.9. The lowest BCUT2D eigenvalue weighted by molar-refractivity contribution is 0.669. The Morgan fingerprint density at radius 2 is 0.845 bits per heavy atom. The number of nitrogens with zero attached hydrogens (tertiary/aromatic N) is 1. The number of benzene rings is 10. The van der Waals surface area contributed by atoms with Crippen LogP contribution >= 0.6 is 0 Å². The van der Waals surface area contributed by atoms with Gasteiger partial charge in [-0.3, -0.25) is 0 Å². The van der Waals surface area contributed by atoms with E-state index >= 15 is 0 Å². The zero-order valence-electron chi connectivity index (χ0n) is 31.7. The van der Waals surface area contributed by atoms with Crippen LogP contribution in [0.3, 0.4) is 0 Å². The van der Waals surface area contributed by atoms with Crippen molar-refractivity contribution in [3.63, 3.8) is 0 Å². The minimum atomic E-state index is 0.890. The van der Waals surface area contributed by atoms with E-state index in [1.165, 1.54) is 49.4 Å². The molecule has 0 fully saturated rings. The van der Waals surface area contributed by atoms with Gasteiger partial charge in [-0.1, -0.05) is 170 Å². The first kappa shape index (κ1) is 33.6. The van der Waals surface area contributed by atoms with Gasteiger partial charge in [0.25, 0.3) is 0 Å². The van der Waals surface area contributed by atoms with Crippen LogP contribution in [0.2, 0.25) is 0 Å². The second-order valence-electron chi connectivity index (χ2n) is 14.9. The Hall–Kier alpha value is -7.68. The number of anilines is 3. The van der Waals surface area contributed by atoms with E-state index in [2.05, 4.69) is 217 Å². The Balaban J connectivity index is 1.08. The van der Waals surface area contributed by atoms with E-state index in [0.717, 1.165) is 55.7 Å². The molecule has 58 heavy (non-hydrogen) atoms. The number of rotatable bonds is 7. The minimum absolute atomic E-state index is 0.890. The van der Waals surface area contributed by atoms with Crippen LogP contribution in [0.1, 0.15) is 0 Å². The van der Waals surface area contributed by atoms with Gasteiger partial charge in [0.1, 0.15) is 11.2 Å². The van der Waals surface area contributed by atoms with Gasteiger partial charge in [-0.2, -0.15) is 0 Å². The van der Waals surface area contributed by atoms with Gasteiger partial charge in [-0.25, -0.2) is 0 Å². The summed E-state index contributed by atoms with van der Waals surface area (Å²) in [5.74, 6) is 0. The van der Waals surface area contributed by atoms with E-state index in [-0.39, 0.29) is 0 Å². The van der Waals surface area contributed by atoms with E-state index in [4.69, 9.17) is 4.42 Å². The summed E-state index contributed by atoms with van der Waals surface area (Å²) in [5, 5.41) is 7.20. The highest BCUT2D eigenvalue weighted by Gasteiger charge is 2.20. The number of furan rings is 1. The maximum atomic E-state index is 6.24. The van der Waals surface area contributed by atoms with Crippen molar-refractivity contribution in [2.24, 2.45) is 0 Å². The molecule has 2 nitrogen and oxygen atoms in total. The summed E-state index contributed by atoms with van der Waals surface area (Å²) in [6.07, 6.45) is 0. The van der Waals surface area contributed by atoms with Crippen molar-refractivity contribution in [1.29, 1.82) is 0 Å².